The van der Waals surface area contributed by atoms with Crippen molar-refractivity contribution in [2.75, 3.05) is 17.6 Å². The number of benzene rings is 1. The van der Waals surface area contributed by atoms with Crippen LogP contribution in [0.15, 0.2) is 30.6 Å². The molecule has 1 heterocycles. The number of anilines is 2. The van der Waals surface area contributed by atoms with Crippen molar-refractivity contribution < 1.29 is 0 Å². The number of rotatable bonds is 4. The predicted molar refractivity (Wildman–Crippen MR) is 71.3 cm³/mol. The summed E-state index contributed by atoms with van der Waals surface area (Å²) in [5, 5.41) is 3.88. The van der Waals surface area contributed by atoms with E-state index in [-0.39, 0.29) is 0 Å². The monoisotopic (exact) mass is 250 g/mol. The molecule has 0 saturated heterocycles. The molecule has 0 atom stereocenters. The zero-order chi connectivity index (χ0) is 12.3. The van der Waals surface area contributed by atoms with Gasteiger partial charge in [-0.1, -0.05) is 17.7 Å². The first-order chi connectivity index (χ1) is 8.18. The van der Waals surface area contributed by atoms with Crippen LogP contribution in [-0.2, 0) is 13.5 Å². The van der Waals surface area contributed by atoms with Crippen molar-refractivity contribution in [3.63, 3.8) is 0 Å². The van der Waals surface area contributed by atoms with Gasteiger partial charge < -0.3 is 15.6 Å². The van der Waals surface area contributed by atoms with Gasteiger partial charge in [0.2, 0.25) is 0 Å². The van der Waals surface area contributed by atoms with Crippen molar-refractivity contribution in [1.29, 1.82) is 0 Å². The first-order valence-electron chi connectivity index (χ1n) is 5.42. The average Bonchev–Trinajstić information content (AvgIpc) is 2.69. The summed E-state index contributed by atoms with van der Waals surface area (Å²) >= 11 is 6.06. The number of nitrogens with one attached hydrogen (secondary N) is 1. The van der Waals surface area contributed by atoms with Gasteiger partial charge in [0.25, 0.3) is 0 Å². The molecule has 0 fully saturated rings. The van der Waals surface area contributed by atoms with Crippen molar-refractivity contribution in [2.24, 2.45) is 7.05 Å². The molecule has 3 N–H and O–H groups in total. The fourth-order valence-corrected chi connectivity index (χ4v) is 1.91. The second-order valence-electron chi connectivity index (χ2n) is 3.84. The van der Waals surface area contributed by atoms with E-state index in [4.69, 9.17) is 17.3 Å². The summed E-state index contributed by atoms with van der Waals surface area (Å²) in [6, 6.07) is 5.48. The molecular weight excluding hydrogens is 236 g/mol. The molecule has 0 aliphatic carbocycles. The molecule has 90 valence electrons. The number of aromatic nitrogens is 2. The molecule has 17 heavy (non-hydrogen) atoms. The van der Waals surface area contributed by atoms with Gasteiger partial charge in [-0.15, -0.1) is 0 Å². The average molecular weight is 251 g/mol. The standard InChI is InChI=1S/C12H15ClN4/c1-17-8-7-15-11(17)5-6-16-12-9(13)3-2-4-10(12)14/h2-4,7-8,16H,5-6,14H2,1H3. The lowest BCUT2D eigenvalue weighted by atomic mass is 10.2. The largest absolute Gasteiger partial charge is 0.397 e. The first kappa shape index (κ1) is 11.8. The van der Waals surface area contributed by atoms with Gasteiger partial charge in [0.15, 0.2) is 0 Å². The van der Waals surface area contributed by atoms with Gasteiger partial charge in [-0.25, -0.2) is 4.98 Å². The normalized spacial score (nSPS) is 10.5. The molecule has 0 unspecified atom stereocenters. The number of para-hydroxylation sites is 1. The zero-order valence-corrected chi connectivity index (χ0v) is 10.4. The molecule has 2 rings (SSSR count). The Morgan fingerprint density at radius 2 is 2.29 bits per heavy atom. The Kier molecular flexibility index (Phi) is 3.54. The molecular formula is C12H15ClN4. The van der Waals surface area contributed by atoms with Gasteiger partial charge in [0, 0.05) is 32.4 Å². The van der Waals surface area contributed by atoms with E-state index in [1.165, 1.54) is 0 Å². The second kappa shape index (κ2) is 5.10. The van der Waals surface area contributed by atoms with Gasteiger partial charge in [0.1, 0.15) is 5.82 Å². The van der Waals surface area contributed by atoms with Crippen LogP contribution in [-0.4, -0.2) is 16.1 Å². The molecule has 0 aliphatic rings. The van der Waals surface area contributed by atoms with E-state index < -0.39 is 0 Å². The summed E-state index contributed by atoms with van der Waals surface area (Å²) in [7, 11) is 1.98. The van der Waals surface area contributed by atoms with Crippen LogP contribution in [0.4, 0.5) is 11.4 Å². The molecule has 0 bridgehead atoms. The van der Waals surface area contributed by atoms with E-state index in [0.29, 0.717) is 10.7 Å². The Balaban J connectivity index is 1.97. The minimum Gasteiger partial charge on any atom is -0.397 e. The molecule has 0 saturated carbocycles. The van der Waals surface area contributed by atoms with Crippen molar-refractivity contribution in [3.05, 3.63) is 41.4 Å². The number of halogens is 1. The molecule has 0 radical (unpaired) electrons. The third-order valence-electron chi connectivity index (χ3n) is 2.62. The summed E-state index contributed by atoms with van der Waals surface area (Å²) in [5.74, 6) is 1.03. The van der Waals surface area contributed by atoms with Crippen LogP contribution in [0.5, 0.6) is 0 Å². The van der Waals surface area contributed by atoms with Crippen LogP contribution in [0.3, 0.4) is 0 Å². The highest BCUT2D eigenvalue weighted by Gasteiger charge is 2.04. The summed E-state index contributed by atoms with van der Waals surface area (Å²) in [5.41, 5.74) is 7.30. The van der Waals surface area contributed by atoms with Gasteiger partial charge in [-0.2, -0.15) is 0 Å². The first-order valence-corrected chi connectivity index (χ1v) is 5.80. The van der Waals surface area contributed by atoms with Crippen molar-refractivity contribution >= 4 is 23.0 Å². The van der Waals surface area contributed by atoms with Crippen molar-refractivity contribution in [1.82, 2.24) is 9.55 Å². The highest BCUT2D eigenvalue weighted by atomic mass is 35.5. The van der Waals surface area contributed by atoms with Crippen LogP contribution in [0.1, 0.15) is 5.82 Å². The summed E-state index contributed by atoms with van der Waals surface area (Å²) in [4.78, 5) is 4.25. The molecule has 2 aromatic rings. The number of nitrogens with two attached hydrogens (primary N) is 1. The fraction of sp³-hybridized carbons (Fsp3) is 0.250. The zero-order valence-electron chi connectivity index (χ0n) is 9.65. The van der Waals surface area contributed by atoms with Crippen molar-refractivity contribution in [2.45, 2.75) is 6.42 Å². The van der Waals surface area contributed by atoms with Crippen LogP contribution < -0.4 is 11.1 Å². The fourth-order valence-electron chi connectivity index (χ4n) is 1.66. The Morgan fingerprint density at radius 1 is 1.47 bits per heavy atom. The van der Waals surface area contributed by atoms with E-state index in [1.807, 2.05) is 36.0 Å². The highest BCUT2D eigenvalue weighted by molar-refractivity contribution is 6.33. The SMILES string of the molecule is Cn1ccnc1CCNc1c(N)cccc1Cl. The van der Waals surface area contributed by atoms with Gasteiger partial charge in [0.05, 0.1) is 16.4 Å². The Labute approximate surface area is 105 Å². The smallest absolute Gasteiger partial charge is 0.110 e. The van der Waals surface area contributed by atoms with Crippen LogP contribution in [0.25, 0.3) is 0 Å². The molecule has 0 amide bonds. The number of aryl methyl sites for hydroxylation is 1. The lowest BCUT2D eigenvalue weighted by Crippen LogP contribution is -2.10. The van der Waals surface area contributed by atoms with Crippen molar-refractivity contribution in [3.8, 4) is 0 Å². The molecule has 0 aliphatic heterocycles. The van der Waals surface area contributed by atoms with E-state index in [1.54, 1.807) is 6.20 Å². The maximum Gasteiger partial charge on any atom is 0.110 e. The highest BCUT2D eigenvalue weighted by Crippen LogP contribution is 2.27. The third kappa shape index (κ3) is 2.71. The number of nitrogen functional groups attached to an aromatic ring is 1. The van der Waals surface area contributed by atoms with Crippen LogP contribution in [0.2, 0.25) is 5.02 Å². The third-order valence-corrected chi connectivity index (χ3v) is 2.93. The van der Waals surface area contributed by atoms with Crippen LogP contribution >= 0.6 is 11.6 Å². The van der Waals surface area contributed by atoms with E-state index >= 15 is 0 Å². The lowest BCUT2D eigenvalue weighted by Gasteiger charge is -2.10. The molecule has 0 spiro atoms. The summed E-state index contributed by atoms with van der Waals surface area (Å²) in [6.45, 7) is 0.749. The van der Waals surface area contributed by atoms with E-state index in [9.17, 15) is 0 Å². The van der Waals surface area contributed by atoms with Gasteiger partial charge in [-0.3, -0.25) is 0 Å². The Hall–Kier alpha value is -1.68. The second-order valence-corrected chi connectivity index (χ2v) is 4.24. The van der Waals surface area contributed by atoms with Gasteiger partial charge >= 0.3 is 0 Å². The minimum atomic E-state index is 0.643. The maximum atomic E-state index is 6.06. The number of nitrogens with zero attached hydrogens (tertiary/aromatic N) is 2. The number of hydrogen-bond donors (Lipinski definition) is 2. The quantitative estimate of drug-likeness (QED) is 0.819. The van der Waals surface area contributed by atoms with E-state index in [0.717, 1.165) is 24.5 Å². The van der Waals surface area contributed by atoms with Gasteiger partial charge in [-0.05, 0) is 12.1 Å². The molecule has 1 aromatic carbocycles. The molecule has 4 nitrogen and oxygen atoms in total. The molecule has 5 heteroatoms. The number of hydrogen-bond acceptors (Lipinski definition) is 3. The minimum absolute atomic E-state index is 0.643. The molecule has 1 aromatic heterocycles. The summed E-state index contributed by atoms with van der Waals surface area (Å²) in [6.07, 6.45) is 4.55. The Morgan fingerprint density at radius 3 is 2.94 bits per heavy atom. The predicted octanol–water partition coefficient (Wildman–Crippen LogP) is 2.31. The topological polar surface area (TPSA) is 55.9 Å². The van der Waals surface area contributed by atoms with E-state index in [2.05, 4.69) is 10.3 Å². The maximum absolute atomic E-state index is 6.06. The number of imidazole rings is 1. The lowest BCUT2D eigenvalue weighted by molar-refractivity contribution is 0.790. The summed E-state index contributed by atoms with van der Waals surface area (Å²) < 4.78 is 2.00. The van der Waals surface area contributed by atoms with Crippen LogP contribution in [0, 0.1) is 0 Å². The Bertz CT molecular complexity index is 487.